The van der Waals surface area contributed by atoms with E-state index in [9.17, 15) is 24.0 Å². The van der Waals surface area contributed by atoms with Crippen molar-refractivity contribution in [1.82, 2.24) is 5.32 Å². The first-order valence-corrected chi connectivity index (χ1v) is 18.8. The number of nitrogens with one attached hydrogen (secondary N) is 2. The van der Waals surface area contributed by atoms with Crippen molar-refractivity contribution >= 4 is 35.6 Å². The van der Waals surface area contributed by atoms with E-state index in [1.165, 1.54) is 36.4 Å². The van der Waals surface area contributed by atoms with Gasteiger partial charge in [-0.1, -0.05) is 77.5 Å². The van der Waals surface area contributed by atoms with E-state index in [1.807, 2.05) is 48.5 Å². The predicted octanol–water partition coefficient (Wildman–Crippen LogP) is 11.7. The van der Waals surface area contributed by atoms with Crippen LogP contribution in [0.1, 0.15) is 142 Å². The highest BCUT2D eigenvalue weighted by Gasteiger charge is 2.28. The quantitative estimate of drug-likeness (QED) is 0.0394. The Kier molecular flexibility index (Phi) is 37.0. The van der Waals surface area contributed by atoms with E-state index in [-0.39, 0.29) is 113 Å². The van der Waals surface area contributed by atoms with Crippen molar-refractivity contribution in [1.29, 1.82) is 0 Å². The molecule has 0 fully saturated rings. The van der Waals surface area contributed by atoms with Gasteiger partial charge in [0.05, 0.1) is 28.4 Å². The average Bonchev–Trinajstić information content (AvgIpc) is 3.19. The number of urea groups is 1. The molecule has 0 aromatic heterocycles. The van der Waals surface area contributed by atoms with Gasteiger partial charge in [-0.2, -0.15) is 0 Å². The highest BCUT2D eigenvalue weighted by Crippen LogP contribution is 2.24. The van der Waals surface area contributed by atoms with Gasteiger partial charge in [0, 0.05) is 5.69 Å². The molecule has 0 spiro atoms. The minimum atomic E-state index is -0.527. The standard InChI is InChI=1S/C15H22N2O4.C15H20O5.C13H18O3.6CH4/c1-4-15(2,3)13(19)21-10-9-16-14(20)17-11-5-7-12(18)8-6-11;1-4-15(2,3)14(18)20-10-9-19-13(17)11-5-7-12(16)8-6-11;1-4-13(2,3)12(15)16-9-10-5-7-11(14)8-6-10;;;;;;/h5-8,18H,4,9-10H2,1-3H3,(H2,16,17,20);5-8,16H,4,9-10H2,1-3H3;5-8,14H,4,9H2,1-3H3;6*1H4. The number of phenols is 3. The highest BCUT2D eigenvalue weighted by atomic mass is 16.6. The third-order valence-electron chi connectivity index (χ3n) is 9.01. The molecular formula is C49H84N2O12. The second-order valence-corrected chi connectivity index (χ2v) is 14.8. The fourth-order valence-electron chi connectivity index (χ4n) is 3.74. The summed E-state index contributed by atoms with van der Waals surface area (Å²) in [4.78, 5) is 58.2. The average molecular weight is 893 g/mol. The second kappa shape index (κ2) is 33.8. The summed E-state index contributed by atoms with van der Waals surface area (Å²) in [6.07, 6.45) is 2.13. The van der Waals surface area contributed by atoms with E-state index in [0.29, 0.717) is 24.1 Å². The third kappa shape index (κ3) is 27.0. The Hall–Kier alpha value is -5.79. The Morgan fingerprint density at radius 2 is 0.841 bits per heavy atom. The predicted molar refractivity (Wildman–Crippen MR) is 256 cm³/mol. The molecule has 0 atom stereocenters. The number of anilines is 1. The van der Waals surface area contributed by atoms with Crippen molar-refractivity contribution in [3.63, 3.8) is 0 Å². The van der Waals surface area contributed by atoms with Crippen LogP contribution in [0.15, 0.2) is 72.8 Å². The molecule has 0 aliphatic heterocycles. The maximum Gasteiger partial charge on any atom is 0.338 e. The van der Waals surface area contributed by atoms with Crippen molar-refractivity contribution in [3.8, 4) is 17.2 Å². The Labute approximate surface area is 380 Å². The normalized spacial score (nSPS) is 9.92. The molecule has 3 aromatic carbocycles. The molecule has 3 rings (SSSR count). The summed E-state index contributed by atoms with van der Waals surface area (Å²) in [6.45, 7) is 17.4. The largest absolute Gasteiger partial charge is 0.508 e. The van der Waals surface area contributed by atoms with Crippen LogP contribution in [-0.2, 0) is 39.9 Å². The summed E-state index contributed by atoms with van der Waals surface area (Å²) in [5.41, 5.74) is 0.308. The zero-order chi connectivity index (χ0) is 43.2. The molecule has 0 saturated carbocycles. The van der Waals surface area contributed by atoms with Gasteiger partial charge in [-0.3, -0.25) is 14.4 Å². The summed E-state index contributed by atoms with van der Waals surface area (Å²) in [5.74, 6) is -0.863. The number of aromatic hydroxyl groups is 3. The topological polar surface area (TPSA) is 207 Å². The SMILES string of the molecule is C.C.C.C.C.C.CCC(C)(C)C(=O)OCCNC(=O)Nc1ccc(O)cc1.CCC(C)(C)C(=O)OCCOC(=O)c1ccc(O)cc1.CCC(C)(C)C(=O)OCc1ccc(O)cc1. The minimum Gasteiger partial charge on any atom is -0.508 e. The Bertz CT molecular complexity index is 1700. The molecular weight excluding hydrogens is 809 g/mol. The number of benzene rings is 3. The molecule has 0 saturated heterocycles. The summed E-state index contributed by atoms with van der Waals surface area (Å²) in [7, 11) is 0. The van der Waals surface area contributed by atoms with E-state index in [0.717, 1.165) is 12.0 Å². The number of ether oxygens (including phenoxy) is 4. The lowest BCUT2D eigenvalue weighted by Crippen LogP contribution is -2.34. The molecule has 14 nitrogen and oxygen atoms in total. The van der Waals surface area contributed by atoms with Crippen molar-refractivity contribution in [2.75, 3.05) is 31.7 Å². The molecule has 0 radical (unpaired) electrons. The monoisotopic (exact) mass is 893 g/mol. The lowest BCUT2D eigenvalue weighted by molar-refractivity contribution is -0.156. The van der Waals surface area contributed by atoms with Gasteiger partial charge in [0.2, 0.25) is 0 Å². The van der Waals surface area contributed by atoms with Gasteiger partial charge < -0.3 is 44.9 Å². The summed E-state index contributed by atoms with van der Waals surface area (Å²) in [6, 6.07) is 18.1. The molecule has 0 aliphatic carbocycles. The first-order chi connectivity index (χ1) is 26.7. The van der Waals surface area contributed by atoms with Gasteiger partial charge in [0.25, 0.3) is 0 Å². The second-order valence-electron chi connectivity index (χ2n) is 14.8. The third-order valence-corrected chi connectivity index (χ3v) is 9.01. The Balaban J connectivity index is -0.000000186. The molecule has 3 aromatic rings. The summed E-state index contributed by atoms with van der Waals surface area (Å²) >= 11 is 0. The number of carbonyl (C=O) groups is 5. The molecule has 5 N–H and O–H groups in total. The molecule has 0 bridgehead atoms. The van der Waals surface area contributed by atoms with Gasteiger partial charge in [0.15, 0.2) is 0 Å². The van der Waals surface area contributed by atoms with E-state index >= 15 is 0 Å². The van der Waals surface area contributed by atoms with Crippen LogP contribution in [0.3, 0.4) is 0 Å². The number of carbonyl (C=O) groups excluding carboxylic acids is 5. The van der Waals surface area contributed by atoms with Crippen LogP contribution in [0, 0.1) is 16.2 Å². The van der Waals surface area contributed by atoms with Crippen LogP contribution in [-0.4, -0.2) is 71.6 Å². The van der Waals surface area contributed by atoms with E-state index in [1.54, 1.807) is 50.2 Å². The van der Waals surface area contributed by atoms with Gasteiger partial charge >= 0.3 is 29.9 Å². The Morgan fingerprint density at radius 3 is 1.25 bits per heavy atom. The first kappa shape index (κ1) is 68.9. The number of hydrogen-bond donors (Lipinski definition) is 5. The number of rotatable bonds is 16. The number of phenolic OH excluding ortho intramolecular Hbond substituents is 3. The molecule has 362 valence electrons. The molecule has 0 heterocycles. The van der Waals surface area contributed by atoms with Crippen LogP contribution in [0.4, 0.5) is 10.5 Å². The zero-order valence-electron chi connectivity index (χ0n) is 34.6. The van der Waals surface area contributed by atoms with Crippen molar-refractivity contribution in [3.05, 3.63) is 83.9 Å². The summed E-state index contributed by atoms with van der Waals surface area (Å²) in [5, 5.41) is 32.5. The lowest BCUT2D eigenvalue weighted by atomic mass is 9.91. The maximum absolute atomic E-state index is 11.7. The van der Waals surface area contributed by atoms with Crippen LogP contribution < -0.4 is 10.6 Å². The van der Waals surface area contributed by atoms with Crippen LogP contribution in [0.2, 0.25) is 0 Å². The van der Waals surface area contributed by atoms with Gasteiger partial charge in [-0.15, -0.1) is 0 Å². The van der Waals surface area contributed by atoms with Crippen molar-refractivity contribution < 1.29 is 58.2 Å². The zero-order valence-corrected chi connectivity index (χ0v) is 34.6. The number of esters is 4. The minimum absolute atomic E-state index is 0. The van der Waals surface area contributed by atoms with Gasteiger partial charge in [-0.25, -0.2) is 9.59 Å². The smallest absolute Gasteiger partial charge is 0.338 e. The summed E-state index contributed by atoms with van der Waals surface area (Å²) < 4.78 is 20.3. The molecule has 63 heavy (non-hydrogen) atoms. The molecule has 0 aliphatic rings. The number of amides is 2. The molecule has 2 amide bonds. The van der Waals surface area contributed by atoms with E-state index < -0.39 is 28.2 Å². The first-order valence-electron chi connectivity index (χ1n) is 18.8. The fourth-order valence-corrected chi connectivity index (χ4v) is 3.74. The molecule has 14 heteroatoms. The number of hydrogen-bond acceptors (Lipinski definition) is 12. The lowest BCUT2D eigenvalue weighted by Gasteiger charge is -2.20. The maximum atomic E-state index is 11.7. The Morgan fingerprint density at radius 1 is 0.492 bits per heavy atom. The van der Waals surface area contributed by atoms with E-state index in [2.05, 4.69) is 10.6 Å². The molecule has 0 unspecified atom stereocenters. The van der Waals surface area contributed by atoms with Crippen LogP contribution >= 0.6 is 0 Å². The van der Waals surface area contributed by atoms with Crippen LogP contribution in [0.25, 0.3) is 0 Å². The fraction of sp³-hybridized carbons (Fsp3) is 0.531. The van der Waals surface area contributed by atoms with Gasteiger partial charge in [-0.05, 0) is 127 Å². The van der Waals surface area contributed by atoms with E-state index in [4.69, 9.17) is 34.3 Å². The highest BCUT2D eigenvalue weighted by molar-refractivity contribution is 5.90. The van der Waals surface area contributed by atoms with Crippen molar-refractivity contribution in [2.45, 2.75) is 133 Å². The van der Waals surface area contributed by atoms with Gasteiger partial charge in [0.1, 0.15) is 43.7 Å². The van der Waals surface area contributed by atoms with Crippen molar-refractivity contribution in [2.24, 2.45) is 16.2 Å². The van der Waals surface area contributed by atoms with Crippen LogP contribution in [0.5, 0.6) is 17.2 Å².